The van der Waals surface area contributed by atoms with E-state index in [2.05, 4.69) is 25.7 Å². The molecule has 0 amide bonds. The van der Waals surface area contributed by atoms with Gasteiger partial charge in [0.15, 0.2) is 5.58 Å². The van der Waals surface area contributed by atoms with Gasteiger partial charge in [-0.05, 0) is 18.2 Å². The minimum Gasteiger partial charge on any atom is -0.465 e. The lowest BCUT2D eigenvalue weighted by atomic mass is 10.2. The van der Waals surface area contributed by atoms with E-state index in [4.69, 9.17) is 4.42 Å². The van der Waals surface area contributed by atoms with Gasteiger partial charge in [0.1, 0.15) is 5.52 Å². The topological polar surface area (TPSA) is 52.3 Å². The van der Waals surface area contributed by atoms with Crippen molar-refractivity contribution in [3.63, 3.8) is 0 Å². The summed E-state index contributed by atoms with van der Waals surface area (Å²) in [4.78, 5) is 15.6. The van der Waals surface area contributed by atoms with Gasteiger partial charge in [-0.3, -0.25) is 0 Å². The maximum atomic E-state index is 11.2. The molecule has 0 bridgehead atoms. The zero-order chi connectivity index (χ0) is 10.1. The van der Waals surface area contributed by atoms with Crippen molar-refractivity contribution in [3.05, 3.63) is 28.6 Å². The van der Waals surface area contributed by atoms with Crippen LogP contribution in [0.4, 0.5) is 0 Å². The van der Waals surface area contributed by atoms with E-state index in [-0.39, 0.29) is 5.97 Å². The summed E-state index contributed by atoms with van der Waals surface area (Å²) >= 11 is 3.11. The summed E-state index contributed by atoms with van der Waals surface area (Å²) in [5.74, 6) is -0.389. The normalized spacial score (nSPS) is 10.4. The van der Waals surface area contributed by atoms with Crippen molar-refractivity contribution >= 4 is 33.0 Å². The SMILES string of the molecule is COC(=O)c1ccc2nc(Br)oc2c1. The van der Waals surface area contributed by atoms with Crippen LogP contribution >= 0.6 is 15.9 Å². The molecule has 1 aromatic heterocycles. The largest absolute Gasteiger partial charge is 0.465 e. The number of methoxy groups -OCH3 is 1. The minimum absolute atomic E-state index is 0.389. The zero-order valence-electron chi connectivity index (χ0n) is 7.28. The molecule has 2 rings (SSSR count). The van der Waals surface area contributed by atoms with Gasteiger partial charge in [0, 0.05) is 15.9 Å². The first-order valence-corrected chi connectivity index (χ1v) is 4.64. The van der Waals surface area contributed by atoms with Crippen LogP contribution in [0.25, 0.3) is 11.1 Å². The van der Waals surface area contributed by atoms with E-state index < -0.39 is 0 Å². The summed E-state index contributed by atoms with van der Waals surface area (Å²) in [6, 6.07) is 4.94. The molecule has 0 atom stereocenters. The summed E-state index contributed by atoms with van der Waals surface area (Å²) in [7, 11) is 1.34. The number of ether oxygens (including phenoxy) is 1. The summed E-state index contributed by atoms with van der Waals surface area (Å²) in [5, 5.41) is 0. The predicted molar refractivity (Wildman–Crippen MR) is 53.0 cm³/mol. The van der Waals surface area contributed by atoms with Crippen LogP contribution in [0.1, 0.15) is 10.4 Å². The van der Waals surface area contributed by atoms with E-state index in [1.807, 2.05) is 0 Å². The summed E-state index contributed by atoms with van der Waals surface area (Å²) < 4.78 is 9.78. The molecule has 0 saturated carbocycles. The van der Waals surface area contributed by atoms with Crippen LogP contribution in [0.2, 0.25) is 0 Å². The van der Waals surface area contributed by atoms with Crippen molar-refractivity contribution in [3.8, 4) is 0 Å². The number of nitrogens with zero attached hydrogens (tertiary/aromatic N) is 1. The first-order chi connectivity index (χ1) is 6.70. The Morgan fingerprint density at radius 3 is 3.07 bits per heavy atom. The fraction of sp³-hybridized carbons (Fsp3) is 0.111. The molecule has 5 heteroatoms. The fourth-order valence-corrected chi connectivity index (χ4v) is 1.51. The predicted octanol–water partition coefficient (Wildman–Crippen LogP) is 2.38. The van der Waals surface area contributed by atoms with Crippen molar-refractivity contribution in [1.29, 1.82) is 0 Å². The molecule has 0 saturated heterocycles. The van der Waals surface area contributed by atoms with Gasteiger partial charge in [-0.2, -0.15) is 0 Å². The number of halogens is 1. The standard InChI is InChI=1S/C9H6BrNO3/c1-13-8(12)5-2-3-6-7(4-5)14-9(10)11-6/h2-4H,1H3. The van der Waals surface area contributed by atoms with Gasteiger partial charge in [0.05, 0.1) is 12.7 Å². The van der Waals surface area contributed by atoms with Crippen LogP contribution < -0.4 is 0 Å². The smallest absolute Gasteiger partial charge is 0.337 e. The van der Waals surface area contributed by atoms with E-state index >= 15 is 0 Å². The number of carbonyl (C=O) groups excluding carboxylic acids is 1. The lowest BCUT2D eigenvalue weighted by molar-refractivity contribution is 0.0601. The second-order valence-electron chi connectivity index (χ2n) is 2.64. The van der Waals surface area contributed by atoms with Crippen LogP contribution in [-0.4, -0.2) is 18.1 Å². The monoisotopic (exact) mass is 255 g/mol. The molecule has 0 aliphatic heterocycles. The van der Waals surface area contributed by atoms with Crippen molar-refractivity contribution in [2.24, 2.45) is 0 Å². The molecule has 0 N–H and O–H groups in total. The van der Waals surface area contributed by atoms with E-state index in [9.17, 15) is 4.79 Å². The number of carbonyl (C=O) groups is 1. The van der Waals surface area contributed by atoms with E-state index in [0.29, 0.717) is 21.5 Å². The van der Waals surface area contributed by atoms with E-state index in [1.54, 1.807) is 18.2 Å². The third kappa shape index (κ3) is 1.50. The maximum absolute atomic E-state index is 11.2. The van der Waals surface area contributed by atoms with Gasteiger partial charge in [-0.1, -0.05) is 0 Å². The highest BCUT2D eigenvalue weighted by Crippen LogP contribution is 2.20. The van der Waals surface area contributed by atoms with Gasteiger partial charge in [-0.15, -0.1) is 0 Å². The van der Waals surface area contributed by atoms with E-state index in [0.717, 1.165) is 0 Å². The Labute approximate surface area is 88.0 Å². The third-order valence-electron chi connectivity index (χ3n) is 1.78. The average molecular weight is 256 g/mol. The van der Waals surface area contributed by atoms with Gasteiger partial charge in [0.25, 0.3) is 4.80 Å². The molecule has 0 aliphatic rings. The Kier molecular flexibility index (Phi) is 2.25. The van der Waals surface area contributed by atoms with Gasteiger partial charge >= 0.3 is 5.97 Å². The van der Waals surface area contributed by atoms with Crippen LogP contribution in [0, 0.1) is 0 Å². The highest BCUT2D eigenvalue weighted by molar-refractivity contribution is 9.10. The highest BCUT2D eigenvalue weighted by Gasteiger charge is 2.09. The molecular weight excluding hydrogens is 250 g/mol. The van der Waals surface area contributed by atoms with Crippen LogP contribution in [0.5, 0.6) is 0 Å². The highest BCUT2D eigenvalue weighted by atomic mass is 79.9. The third-order valence-corrected chi connectivity index (χ3v) is 2.12. The summed E-state index contributed by atoms with van der Waals surface area (Å²) in [6.45, 7) is 0. The molecule has 1 aromatic carbocycles. The number of esters is 1. The Bertz CT molecular complexity index is 492. The Morgan fingerprint density at radius 2 is 2.36 bits per heavy atom. The molecular formula is C9H6BrNO3. The molecule has 1 heterocycles. The fourth-order valence-electron chi connectivity index (χ4n) is 1.14. The molecule has 0 unspecified atom stereocenters. The Morgan fingerprint density at radius 1 is 1.57 bits per heavy atom. The second kappa shape index (κ2) is 3.42. The molecule has 0 spiro atoms. The molecule has 72 valence electrons. The molecule has 0 aliphatic carbocycles. The number of fused-ring (bicyclic) bond motifs is 1. The van der Waals surface area contributed by atoms with Crippen molar-refractivity contribution in [2.45, 2.75) is 0 Å². The van der Waals surface area contributed by atoms with Crippen LogP contribution in [-0.2, 0) is 4.74 Å². The number of aromatic nitrogens is 1. The van der Waals surface area contributed by atoms with Gasteiger partial charge in [-0.25, -0.2) is 9.78 Å². The zero-order valence-corrected chi connectivity index (χ0v) is 8.87. The Hall–Kier alpha value is -1.36. The molecule has 0 radical (unpaired) electrons. The van der Waals surface area contributed by atoms with Gasteiger partial charge in [0.2, 0.25) is 0 Å². The number of oxazole rings is 1. The maximum Gasteiger partial charge on any atom is 0.337 e. The molecule has 4 nitrogen and oxygen atoms in total. The second-order valence-corrected chi connectivity index (χ2v) is 3.32. The number of benzene rings is 1. The lowest BCUT2D eigenvalue weighted by Crippen LogP contribution is -2.00. The summed E-state index contributed by atoms with van der Waals surface area (Å²) in [5.41, 5.74) is 1.70. The Balaban J connectivity index is 2.55. The first kappa shape index (κ1) is 9.21. The lowest BCUT2D eigenvalue weighted by Gasteiger charge is -1.96. The summed E-state index contributed by atoms with van der Waals surface area (Å²) in [6.07, 6.45) is 0. The van der Waals surface area contributed by atoms with Crippen LogP contribution in [0.15, 0.2) is 27.4 Å². The van der Waals surface area contributed by atoms with Gasteiger partial charge < -0.3 is 9.15 Å². The first-order valence-electron chi connectivity index (χ1n) is 3.85. The van der Waals surface area contributed by atoms with Crippen LogP contribution in [0.3, 0.4) is 0 Å². The van der Waals surface area contributed by atoms with Crippen molar-refractivity contribution < 1.29 is 13.9 Å². The van der Waals surface area contributed by atoms with Crippen molar-refractivity contribution in [2.75, 3.05) is 7.11 Å². The van der Waals surface area contributed by atoms with Crippen molar-refractivity contribution in [1.82, 2.24) is 4.98 Å². The quantitative estimate of drug-likeness (QED) is 0.735. The minimum atomic E-state index is -0.389. The van der Waals surface area contributed by atoms with E-state index in [1.165, 1.54) is 7.11 Å². The molecule has 0 fully saturated rings. The number of rotatable bonds is 1. The number of hydrogen-bond acceptors (Lipinski definition) is 4. The number of hydrogen-bond donors (Lipinski definition) is 0. The molecule has 2 aromatic rings. The molecule has 14 heavy (non-hydrogen) atoms. The average Bonchev–Trinajstić information content (AvgIpc) is 2.55.